The van der Waals surface area contributed by atoms with Crippen molar-refractivity contribution in [2.75, 3.05) is 12.5 Å². The quantitative estimate of drug-likeness (QED) is 0.361. The van der Waals surface area contributed by atoms with E-state index in [2.05, 4.69) is 0 Å². The number of hydrogen-bond acceptors (Lipinski definition) is 4. The van der Waals surface area contributed by atoms with Crippen molar-refractivity contribution in [3.05, 3.63) is 59.3 Å². The highest BCUT2D eigenvalue weighted by Crippen LogP contribution is 2.10. The first-order valence-electron chi connectivity index (χ1n) is 9.07. The molecule has 0 amide bonds. The van der Waals surface area contributed by atoms with Crippen LogP contribution in [0.1, 0.15) is 50.0 Å². The molecule has 0 aliphatic heterocycles. The molecule has 5 heteroatoms. The Morgan fingerprint density at radius 3 is 2.42 bits per heavy atom. The van der Waals surface area contributed by atoms with Gasteiger partial charge in [0.05, 0.1) is 12.2 Å². The molecule has 146 valence electrons. The molecule has 0 aliphatic rings. The standard InChI is InChI=1S/C19H26ClNO3.C2H6/c1-3-24-18(13-17(22)12-14(2)21)8-9-19(23)16-6-4-15(5-7-16)10-11-20;1-2/h4-9,12,17-18,22H,3,10-11,13,21H2,1-2H3;1-2H3/b9-8+,14-12+;. The zero-order valence-corrected chi connectivity index (χ0v) is 17.0. The largest absolute Gasteiger partial charge is 0.402 e. The van der Waals surface area contributed by atoms with Gasteiger partial charge in [-0.25, -0.2) is 0 Å². The Morgan fingerprint density at radius 1 is 1.31 bits per heavy atom. The van der Waals surface area contributed by atoms with Crippen molar-refractivity contribution < 1.29 is 14.6 Å². The van der Waals surface area contributed by atoms with Crippen molar-refractivity contribution in [1.29, 1.82) is 0 Å². The number of ketones is 1. The molecule has 0 heterocycles. The second-order valence-electron chi connectivity index (χ2n) is 5.57. The molecule has 0 bridgehead atoms. The number of rotatable bonds is 10. The number of aliphatic hydroxyl groups excluding tert-OH is 1. The van der Waals surface area contributed by atoms with Crippen molar-refractivity contribution in [3.8, 4) is 0 Å². The summed E-state index contributed by atoms with van der Waals surface area (Å²) in [7, 11) is 0. The SMILES string of the molecule is CC.CCOC(/C=C/C(=O)c1ccc(CCCl)cc1)CC(O)/C=C(\C)N. The van der Waals surface area contributed by atoms with Crippen LogP contribution >= 0.6 is 11.6 Å². The van der Waals surface area contributed by atoms with E-state index in [9.17, 15) is 9.90 Å². The molecule has 0 aliphatic carbocycles. The summed E-state index contributed by atoms with van der Waals surface area (Å²) in [6.45, 7) is 8.08. The predicted molar refractivity (Wildman–Crippen MR) is 110 cm³/mol. The van der Waals surface area contributed by atoms with Gasteiger partial charge in [-0.2, -0.15) is 0 Å². The van der Waals surface area contributed by atoms with E-state index in [0.29, 0.717) is 30.2 Å². The van der Waals surface area contributed by atoms with Crippen LogP contribution in [0.15, 0.2) is 48.2 Å². The molecule has 1 aromatic rings. The predicted octanol–water partition coefficient (Wildman–Crippen LogP) is 4.25. The topological polar surface area (TPSA) is 72.5 Å². The molecule has 2 atom stereocenters. The van der Waals surface area contributed by atoms with Crippen LogP contribution in [0.3, 0.4) is 0 Å². The number of carbonyl (C=O) groups is 1. The van der Waals surface area contributed by atoms with Gasteiger partial charge in [0.25, 0.3) is 0 Å². The maximum Gasteiger partial charge on any atom is 0.185 e. The summed E-state index contributed by atoms with van der Waals surface area (Å²) < 4.78 is 5.55. The van der Waals surface area contributed by atoms with Gasteiger partial charge in [0, 0.05) is 30.2 Å². The number of nitrogens with two attached hydrogens (primary N) is 1. The van der Waals surface area contributed by atoms with E-state index in [0.717, 1.165) is 12.0 Å². The van der Waals surface area contributed by atoms with Gasteiger partial charge in [-0.1, -0.05) is 44.2 Å². The molecule has 1 rings (SSSR count). The third-order valence-corrected chi connectivity index (χ3v) is 3.58. The van der Waals surface area contributed by atoms with Gasteiger partial charge in [-0.3, -0.25) is 4.79 Å². The summed E-state index contributed by atoms with van der Waals surface area (Å²) >= 11 is 5.70. The first-order chi connectivity index (χ1) is 12.5. The summed E-state index contributed by atoms with van der Waals surface area (Å²) in [6.07, 6.45) is 4.81. The van der Waals surface area contributed by atoms with E-state index in [1.54, 1.807) is 31.2 Å². The molecule has 26 heavy (non-hydrogen) atoms. The minimum atomic E-state index is -0.707. The number of alkyl halides is 1. The Labute approximate surface area is 162 Å². The fourth-order valence-electron chi connectivity index (χ4n) is 2.26. The Kier molecular flexibility index (Phi) is 13.6. The van der Waals surface area contributed by atoms with Crippen molar-refractivity contribution in [2.45, 2.75) is 52.7 Å². The van der Waals surface area contributed by atoms with E-state index in [4.69, 9.17) is 22.1 Å². The van der Waals surface area contributed by atoms with Crippen LogP contribution in [0.5, 0.6) is 0 Å². The number of ether oxygens (including phenoxy) is 1. The molecule has 0 fully saturated rings. The zero-order chi connectivity index (χ0) is 19.9. The van der Waals surface area contributed by atoms with Gasteiger partial charge in [0.15, 0.2) is 5.78 Å². The lowest BCUT2D eigenvalue weighted by Gasteiger charge is -2.15. The highest BCUT2D eigenvalue weighted by atomic mass is 35.5. The lowest BCUT2D eigenvalue weighted by atomic mass is 10.0. The Balaban J connectivity index is 0.00000301. The molecular weight excluding hydrogens is 350 g/mol. The fourth-order valence-corrected chi connectivity index (χ4v) is 2.48. The van der Waals surface area contributed by atoms with Gasteiger partial charge in [-0.15, -0.1) is 11.6 Å². The third kappa shape index (κ3) is 10.4. The second kappa shape index (κ2) is 14.5. The molecular formula is C21H32ClNO3. The summed E-state index contributed by atoms with van der Waals surface area (Å²) in [5, 5.41) is 9.91. The lowest BCUT2D eigenvalue weighted by Crippen LogP contribution is -2.19. The second-order valence-corrected chi connectivity index (χ2v) is 5.94. The maximum absolute atomic E-state index is 12.2. The number of carbonyl (C=O) groups excluding carboxylic acids is 1. The molecule has 0 aromatic heterocycles. The molecule has 0 saturated carbocycles. The maximum atomic E-state index is 12.2. The summed E-state index contributed by atoms with van der Waals surface area (Å²) in [5.41, 5.74) is 7.82. The first-order valence-corrected chi connectivity index (χ1v) is 9.60. The zero-order valence-electron chi connectivity index (χ0n) is 16.2. The van der Waals surface area contributed by atoms with Crippen molar-refractivity contribution in [2.24, 2.45) is 5.73 Å². The molecule has 2 unspecified atom stereocenters. The van der Waals surface area contributed by atoms with E-state index in [1.165, 1.54) is 6.08 Å². The van der Waals surface area contributed by atoms with Crippen molar-refractivity contribution in [3.63, 3.8) is 0 Å². The van der Waals surface area contributed by atoms with Gasteiger partial charge < -0.3 is 15.6 Å². The van der Waals surface area contributed by atoms with Gasteiger partial charge in [0.2, 0.25) is 0 Å². The molecule has 3 N–H and O–H groups in total. The number of aryl methyl sites for hydroxylation is 1. The smallest absolute Gasteiger partial charge is 0.185 e. The van der Waals surface area contributed by atoms with Gasteiger partial charge in [-0.05, 0) is 38.0 Å². The van der Waals surface area contributed by atoms with Crippen LogP contribution in [0.4, 0.5) is 0 Å². The number of hydrogen-bond donors (Lipinski definition) is 2. The molecule has 0 spiro atoms. The van der Waals surface area contributed by atoms with Crippen LogP contribution in [0.25, 0.3) is 0 Å². The first kappa shape index (κ1) is 24.4. The van der Waals surface area contributed by atoms with E-state index in [-0.39, 0.29) is 11.9 Å². The highest BCUT2D eigenvalue weighted by Gasteiger charge is 2.11. The number of aliphatic hydroxyl groups is 1. The number of halogens is 1. The van der Waals surface area contributed by atoms with E-state index < -0.39 is 6.10 Å². The molecule has 4 nitrogen and oxygen atoms in total. The third-order valence-electron chi connectivity index (χ3n) is 3.39. The summed E-state index contributed by atoms with van der Waals surface area (Å²) in [5.74, 6) is 0.458. The van der Waals surface area contributed by atoms with Crippen LogP contribution in [-0.4, -0.2) is 35.6 Å². The van der Waals surface area contributed by atoms with Crippen molar-refractivity contribution >= 4 is 17.4 Å². The molecule has 0 radical (unpaired) electrons. The molecule has 0 saturated heterocycles. The average Bonchev–Trinajstić information content (AvgIpc) is 2.61. The Morgan fingerprint density at radius 2 is 1.92 bits per heavy atom. The van der Waals surface area contributed by atoms with E-state index in [1.807, 2.05) is 32.9 Å². The van der Waals surface area contributed by atoms with Crippen LogP contribution in [0.2, 0.25) is 0 Å². The van der Waals surface area contributed by atoms with Gasteiger partial charge in [0.1, 0.15) is 0 Å². The number of allylic oxidation sites excluding steroid dienone is 2. The summed E-state index contributed by atoms with van der Waals surface area (Å²) in [4.78, 5) is 12.2. The Hall–Kier alpha value is -1.62. The van der Waals surface area contributed by atoms with E-state index >= 15 is 0 Å². The van der Waals surface area contributed by atoms with Crippen LogP contribution in [-0.2, 0) is 11.2 Å². The average molecular weight is 382 g/mol. The van der Waals surface area contributed by atoms with Crippen LogP contribution < -0.4 is 5.73 Å². The molecule has 1 aromatic carbocycles. The number of benzene rings is 1. The normalized spacial score (nSPS) is 13.8. The van der Waals surface area contributed by atoms with Crippen molar-refractivity contribution in [1.82, 2.24) is 0 Å². The highest BCUT2D eigenvalue weighted by molar-refractivity contribution is 6.18. The summed E-state index contributed by atoms with van der Waals surface area (Å²) in [6, 6.07) is 7.39. The fraction of sp³-hybridized carbons (Fsp3) is 0.476. The monoisotopic (exact) mass is 381 g/mol. The van der Waals surface area contributed by atoms with Gasteiger partial charge >= 0.3 is 0 Å². The minimum Gasteiger partial charge on any atom is -0.402 e. The minimum absolute atomic E-state index is 0.0998. The van der Waals surface area contributed by atoms with Crippen LogP contribution in [0, 0.1) is 0 Å². The lowest BCUT2D eigenvalue weighted by molar-refractivity contribution is 0.0599. The Bertz CT molecular complexity index is 563.